The highest BCUT2D eigenvalue weighted by molar-refractivity contribution is 7.99. The largest absolute Gasteiger partial charge is 0.340 e. The predicted molar refractivity (Wildman–Crippen MR) is 102 cm³/mol. The Morgan fingerprint density at radius 3 is 2.46 bits per heavy atom. The first-order valence-corrected chi connectivity index (χ1v) is 10.3. The van der Waals surface area contributed by atoms with Crippen molar-refractivity contribution in [1.29, 1.82) is 0 Å². The normalized spacial score (nSPS) is 19.8. The highest BCUT2D eigenvalue weighted by Crippen LogP contribution is 2.25. The first-order chi connectivity index (χ1) is 11.6. The Morgan fingerprint density at radius 1 is 1.08 bits per heavy atom. The van der Waals surface area contributed by atoms with Gasteiger partial charge in [0.2, 0.25) is 5.91 Å². The molecule has 0 aromatic heterocycles. The molecule has 2 aliphatic rings. The van der Waals surface area contributed by atoms with Crippen LogP contribution in [0.25, 0.3) is 0 Å². The van der Waals surface area contributed by atoms with Crippen LogP contribution in [0.2, 0.25) is 0 Å². The van der Waals surface area contributed by atoms with E-state index in [0.29, 0.717) is 12.3 Å². The highest BCUT2D eigenvalue weighted by Gasteiger charge is 2.27. The fourth-order valence-corrected chi connectivity index (χ4v) is 4.76. The van der Waals surface area contributed by atoms with Gasteiger partial charge in [-0.1, -0.05) is 18.9 Å². The lowest BCUT2D eigenvalue weighted by molar-refractivity contribution is -0.132. The lowest BCUT2D eigenvalue weighted by Crippen LogP contribution is -2.51. The van der Waals surface area contributed by atoms with Gasteiger partial charge in [-0.25, -0.2) is 0 Å². The zero-order valence-electron chi connectivity index (χ0n) is 15.1. The second-order valence-electron chi connectivity index (χ2n) is 7.20. The number of thioether (sulfide) groups is 1. The molecule has 1 saturated heterocycles. The highest BCUT2D eigenvalue weighted by atomic mass is 32.2. The maximum Gasteiger partial charge on any atom is 0.223 e. The molecule has 1 heterocycles. The molecule has 1 aliphatic heterocycles. The van der Waals surface area contributed by atoms with E-state index in [1.807, 2.05) is 0 Å². The summed E-state index contributed by atoms with van der Waals surface area (Å²) < 4.78 is 0. The summed E-state index contributed by atoms with van der Waals surface area (Å²) in [5.74, 6) is 1.21. The van der Waals surface area contributed by atoms with Gasteiger partial charge in [0.25, 0.3) is 0 Å². The van der Waals surface area contributed by atoms with Crippen LogP contribution in [-0.2, 0) is 4.79 Å². The number of hydrogen-bond acceptors (Lipinski definition) is 3. The molecule has 1 amide bonds. The van der Waals surface area contributed by atoms with Crippen molar-refractivity contribution in [3.05, 3.63) is 29.3 Å². The molecule has 132 valence electrons. The van der Waals surface area contributed by atoms with Crippen LogP contribution in [-0.4, -0.2) is 53.7 Å². The SMILES string of the molecule is Cc1ccc(SCCC(=O)N2CCN(C3CCCC3)CC2)cc1C. The third-order valence-corrected chi connectivity index (χ3v) is 6.57. The molecule has 0 radical (unpaired) electrons. The third-order valence-electron chi connectivity index (χ3n) is 5.57. The quantitative estimate of drug-likeness (QED) is 0.756. The summed E-state index contributed by atoms with van der Waals surface area (Å²) >= 11 is 1.80. The molecule has 2 fully saturated rings. The van der Waals surface area contributed by atoms with E-state index in [2.05, 4.69) is 41.8 Å². The zero-order chi connectivity index (χ0) is 16.9. The minimum atomic E-state index is 0.331. The lowest BCUT2D eigenvalue weighted by atomic mass is 10.1. The number of rotatable bonds is 5. The van der Waals surface area contributed by atoms with Crippen LogP contribution in [0.1, 0.15) is 43.2 Å². The Hall–Kier alpha value is -1.00. The smallest absolute Gasteiger partial charge is 0.223 e. The summed E-state index contributed by atoms with van der Waals surface area (Å²) in [5, 5.41) is 0. The Bertz CT molecular complexity index is 561. The molecular formula is C20H30N2OS. The van der Waals surface area contributed by atoms with Crippen LogP contribution in [0.5, 0.6) is 0 Å². The van der Waals surface area contributed by atoms with E-state index in [4.69, 9.17) is 0 Å². The number of aryl methyl sites for hydroxylation is 2. The van der Waals surface area contributed by atoms with Crippen LogP contribution < -0.4 is 0 Å². The summed E-state index contributed by atoms with van der Waals surface area (Å²) in [6, 6.07) is 7.35. The van der Waals surface area contributed by atoms with Gasteiger partial charge in [-0.2, -0.15) is 0 Å². The van der Waals surface area contributed by atoms with Gasteiger partial charge < -0.3 is 4.90 Å². The number of carbonyl (C=O) groups excluding carboxylic acids is 1. The van der Waals surface area contributed by atoms with Crippen molar-refractivity contribution < 1.29 is 4.79 Å². The molecular weight excluding hydrogens is 316 g/mol. The molecule has 0 N–H and O–H groups in total. The van der Waals surface area contributed by atoms with Crippen molar-refractivity contribution in [2.75, 3.05) is 31.9 Å². The summed E-state index contributed by atoms with van der Waals surface area (Å²) in [6.07, 6.45) is 6.15. The van der Waals surface area contributed by atoms with E-state index >= 15 is 0 Å². The fraction of sp³-hybridized carbons (Fsp3) is 0.650. The number of piperazine rings is 1. The monoisotopic (exact) mass is 346 g/mol. The Labute approximate surface area is 150 Å². The van der Waals surface area contributed by atoms with Crippen LogP contribution in [0.15, 0.2) is 23.1 Å². The van der Waals surface area contributed by atoms with Gasteiger partial charge in [-0.3, -0.25) is 9.69 Å². The standard InChI is InChI=1S/C20H30N2OS/c1-16-7-8-19(15-17(16)2)24-14-9-20(23)22-12-10-21(11-13-22)18-5-3-4-6-18/h7-8,15,18H,3-6,9-14H2,1-2H3. The average Bonchev–Trinajstić information content (AvgIpc) is 3.13. The molecule has 0 unspecified atom stereocenters. The minimum Gasteiger partial charge on any atom is -0.340 e. The lowest BCUT2D eigenvalue weighted by Gasteiger charge is -2.38. The van der Waals surface area contributed by atoms with Gasteiger partial charge in [0.1, 0.15) is 0 Å². The fourth-order valence-electron chi connectivity index (χ4n) is 3.82. The maximum atomic E-state index is 12.4. The van der Waals surface area contributed by atoms with Gasteiger partial charge in [0.05, 0.1) is 0 Å². The number of hydrogen-bond donors (Lipinski definition) is 0. The molecule has 1 aliphatic carbocycles. The molecule has 0 bridgehead atoms. The van der Waals surface area contributed by atoms with E-state index < -0.39 is 0 Å². The van der Waals surface area contributed by atoms with E-state index in [-0.39, 0.29) is 0 Å². The van der Waals surface area contributed by atoms with Crippen molar-refractivity contribution in [2.45, 2.75) is 56.9 Å². The summed E-state index contributed by atoms with van der Waals surface area (Å²) in [6.45, 7) is 8.27. The van der Waals surface area contributed by atoms with Gasteiger partial charge in [-0.15, -0.1) is 11.8 Å². The van der Waals surface area contributed by atoms with Crippen molar-refractivity contribution in [1.82, 2.24) is 9.80 Å². The van der Waals surface area contributed by atoms with Crippen LogP contribution in [0.4, 0.5) is 0 Å². The second kappa shape index (κ2) is 8.39. The van der Waals surface area contributed by atoms with E-state index in [0.717, 1.165) is 38.0 Å². The summed E-state index contributed by atoms with van der Waals surface area (Å²) in [5.41, 5.74) is 2.66. The topological polar surface area (TPSA) is 23.6 Å². The van der Waals surface area contributed by atoms with Gasteiger partial charge in [-0.05, 0) is 49.9 Å². The molecule has 24 heavy (non-hydrogen) atoms. The second-order valence-corrected chi connectivity index (χ2v) is 8.37. The third kappa shape index (κ3) is 4.54. The molecule has 0 atom stereocenters. The van der Waals surface area contributed by atoms with Crippen molar-refractivity contribution in [3.63, 3.8) is 0 Å². The van der Waals surface area contributed by atoms with Crippen LogP contribution >= 0.6 is 11.8 Å². The number of amides is 1. The first kappa shape index (κ1) is 17.8. The average molecular weight is 347 g/mol. The van der Waals surface area contributed by atoms with Crippen molar-refractivity contribution >= 4 is 17.7 Å². The first-order valence-electron chi connectivity index (χ1n) is 9.35. The summed E-state index contributed by atoms with van der Waals surface area (Å²) in [4.78, 5) is 18.4. The number of nitrogens with zero attached hydrogens (tertiary/aromatic N) is 2. The summed E-state index contributed by atoms with van der Waals surface area (Å²) in [7, 11) is 0. The predicted octanol–water partition coefficient (Wildman–Crippen LogP) is 3.87. The molecule has 1 aromatic carbocycles. The van der Waals surface area contributed by atoms with E-state index in [9.17, 15) is 4.79 Å². The zero-order valence-corrected chi connectivity index (χ0v) is 15.9. The Morgan fingerprint density at radius 2 is 1.79 bits per heavy atom. The maximum absolute atomic E-state index is 12.4. The van der Waals surface area contributed by atoms with Gasteiger partial charge in [0.15, 0.2) is 0 Å². The number of benzene rings is 1. The van der Waals surface area contributed by atoms with Crippen molar-refractivity contribution in [2.24, 2.45) is 0 Å². The van der Waals surface area contributed by atoms with Crippen molar-refractivity contribution in [3.8, 4) is 0 Å². The number of carbonyl (C=O) groups is 1. The van der Waals surface area contributed by atoms with Crippen LogP contribution in [0, 0.1) is 13.8 Å². The Kier molecular flexibility index (Phi) is 6.23. The van der Waals surface area contributed by atoms with Gasteiger partial charge >= 0.3 is 0 Å². The molecule has 1 aromatic rings. The molecule has 3 nitrogen and oxygen atoms in total. The molecule has 1 saturated carbocycles. The molecule has 4 heteroatoms. The van der Waals surface area contributed by atoms with Crippen LogP contribution in [0.3, 0.4) is 0 Å². The van der Waals surface area contributed by atoms with E-state index in [1.165, 1.54) is 41.7 Å². The Balaban J connectivity index is 1.38. The van der Waals surface area contributed by atoms with Gasteiger partial charge in [0, 0.05) is 49.3 Å². The molecule has 0 spiro atoms. The van der Waals surface area contributed by atoms with E-state index in [1.54, 1.807) is 11.8 Å². The molecule has 3 rings (SSSR count). The minimum absolute atomic E-state index is 0.331.